The van der Waals surface area contributed by atoms with Crippen LogP contribution in [-0.4, -0.2) is 22.6 Å². The van der Waals surface area contributed by atoms with Gasteiger partial charge in [-0.3, -0.25) is 9.36 Å². The van der Waals surface area contributed by atoms with Gasteiger partial charge >= 0.3 is 0 Å². The minimum atomic E-state index is -0.0244. The van der Waals surface area contributed by atoms with Crippen LogP contribution in [0, 0.1) is 6.92 Å². The molecular weight excluding hydrogens is 286 g/mol. The number of fused-ring (bicyclic) bond motifs is 1. The van der Waals surface area contributed by atoms with Gasteiger partial charge in [0.2, 0.25) is 0 Å². The molecule has 118 valence electrons. The van der Waals surface area contributed by atoms with Crippen LogP contribution in [0.1, 0.15) is 19.7 Å². The average molecular weight is 307 g/mol. The van der Waals surface area contributed by atoms with Gasteiger partial charge in [0.05, 0.1) is 16.6 Å². The molecule has 0 bridgehead atoms. The Morgan fingerprint density at radius 2 is 1.65 bits per heavy atom. The molecule has 3 rings (SSSR count). The summed E-state index contributed by atoms with van der Waals surface area (Å²) in [6.07, 6.45) is 0. The van der Waals surface area contributed by atoms with Crippen LogP contribution in [0.2, 0.25) is 0 Å². The number of para-hydroxylation sites is 1. The molecule has 0 atom stereocenters. The molecule has 0 fully saturated rings. The molecule has 23 heavy (non-hydrogen) atoms. The molecule has 0 spiro atoms. The summed E-state index contributed by atoms with van der Waals surface area (Å²) in [4.78, 5) is 19.6. The Kier molecular flexibility index (Phi) is 4.15. The van der Waals surface area contributed by atoms with Crippen molar-refractivity contribution in [1.82, 2.24) is 9.55 Å². The molecule has 4 heteroatoms. The Balaban J connectivity index is 2.12. The molecule has 0 saturated heterocycles. The number of benzene rings is 2. The van der Waals surface area contributed by atoms with Gasteiger partial charge in [0.1, 0.15) is 5.82 Å². The monoisotopic (exact) mass is 307 g/mol. The van der Waals surface area contributed by atoms with Crippen LogP contribution in [-0.2, 0) is 0 Å². The van der Waals surface area contributed by atoms with Crippen LogP contribution in [0.3, 0.4) is 0 Å². The molecule has 1 aromatic heterocycles. The molecule has 0 unspecified atom stereocenters. The third kappa shape index (κ3) is 2.72. The summed E-state index contributed by atoms with van der Waals surface area (Å²) in [5.74, 6) is 0.698. The molecule has 1 heterocycles. The van der Waals surface area contributed by atoms with Crippen molar-refractivity contribution in [3.05, 3.63) is 64.7 Å². The highest BCUT2D eigenvalue weighted by molar-refractivity contribution is 5.77. The van der Waals surface area contributed by atoms with Crippen molar-refractivity contribution >= 4 is 16.6 Å². The molecule has 3 aromatic rings. The second-order valence-corrected chi connectivity index (χ2v) is 5.51. The quantitative estimate of drug-likeness (QED) is 0.740. The van der Waals surface area contributed by atoms with Crippen LogP contribution >= 0.6 is 0 Å². The Morgan fingerprint density at radius 1 is 1.00 bits per heavy atom. The highest BCUT2D eigenvalue weighted by Gasteiger charge is 2.10. The molecule has 0 aliphatic heterocycles. The van der Waals surface area contributed by atoms with E-state index in [1.54, 1.807) is 4.57 Å². The zero-order valence-electron chi connectivity index (χ0n) is 13.8. The largest absolute Gasteiger partial charge is 0.372 e. The van der Waals surface area contributed by atoms with Crippen LogP contribution in [0.15, 0.2) is 53.3 Å². The third-order valence-electron chi connectivity index (χ3n) is 4.18. The van der Waals surface area contributed by atoms with Crippen molar-refractivity contribution in [3.8, 4) is 5.69 Å². The van der Waals surface area contributed by atoms with Gasteiger partial charge in [-0.05, 0) is 57.2 Å². The lowest BCUT2D eigenvalue weighted by molar-refractivity contribution is 0.862. The van der Waals surface area contributed by atoms with Crippen LogP contribution in [0.5, 0.6) is 0 Å². The van der Waals surface area contributed by atoms with E-state index in [2.05, 4.69) is 35.9 Å². The first-order valence-corrected chi connectivity index (χ1v) is 7.99. The summed E-state index contributed by atoms with van der Waals surface area (Å²) in [5.41, 5.74) is 2.73. The highest BCUT2D eigenvalue weighted by atomic mass is 16.1. The second-order valence-electron chi connectivity index (χ2n) is 5.51. The number of anilines is 1. The number of nitrogens with zero attached hydrogens (tertiary/aromatic N) is 3. The Morgan fingerprint density at radius 3 is 2.30 bits per heavy atom. The van der Waals surface area contributed by atoms with Gasteiger partial charge in [-0.25, -0.2) is 4.98 Å². The molecule has 0 N–H and O–H groups in total. The van der Waals surface area contributed by atoms with E-state index in [0.29, 0.717) is 11.2 Å². The molecule has 0 amide bonds. The summed E-state index contributed by atoms with van der Waals surface area (Å²) in [6, 6.07) is 15.6. The van der Waals surface area contributed by atoms with Crippen molar-refractivity contribution in [1.29, 1.82) is 0 Å². The topological polar surface area (TPSA) is 38.1 Å². The lowest BCUT2D eigenvalue weighted by atomic mass is 10.2. The van der Waals surface area contributed by atoms with E-state index in [4.69, 9.17) is 0 Å². The predicted molar refractivity (Wildman–Crippen MR) is 95.6 cm³/mol. The normalized spacial score (nSPS) is 10.9. The second kappa shape index (κ2) is 6.24. The number of hydrogen-bond acceptors (Lipinski definition) is 3. The van der Waals surface area contributed by atoms with E-state index in [9.17, 15) is 4.79 Å². The van der Waals surface area contributed by atoms with Gasteiger partial charge < -0.3 is 4.90 Å². The minimum absolute atomic E-state index is 0.0244. The Hall–Kier alpha value is -2.62. The lowest BCUT2D eigenvalue weighted by Gasteiger charge is -2.21. The molecule has 0 aliphatic carbocycles. The summed E-state index contributed by atoms with van der Waals surface area (Å²) in [5, 5.41) is 0.644. The number of aryl methyl sites for hydroxylation is 1. The third-order valence-corrected chi connectivity index (χ3v) is 4.18. The van der Waals surface area contributed by atoms with Gasteiger partial charge in [0.15, 0.2) is 0 Å². The molecule has 4 nitrogen and oxygen atoms in total. The van der Waals surface area contributed by atoms with Gasteiger partial charge in [0.25, 0.3) is 5.56 Å². The molecule has 0 radical (unpaired) electrons. The average Bonchev–Trinajstić information content (AvgIpc) is 2.57. The van der Waals surface area contributed by atoms with Crippen molar-refractivity contribution in [3.63, 3.8) is 0 Å². The van der Waals surface area contributed by atoms with Crippen LogP contribution < -0.4 is 10.5 Å². The summed E-state index contributed by atoms with van der Waals surface area (Å²) < 4.78 is 1.67. The minimum Gasteiger partial charge on any atom is -0.372 e. The predicted octanol–water partition coefficient (Wildman–Crippen LogP) is 3.54. The van der Waals surface area contributed by atoms with Crippen molar-refractivity contribution in [2.75, 3.05) is 18.0 Å². The zero-order chi connectivity index (χ0) is 16.4. The maximum atomic E-state index is 12.8. The van der Waals surface area contributed by atoms with E-state index in [0.717, 1.165) is 24.3 Å². The molecule has 0 saturated carbocycles. The maximum Gasteiger partial charge on any atom is 0.265 e. The van der Waals surface area contributed by atoms with E-state index < -0.39 is 0 Å². The first kappa shape index (κ1) is 15.3. The van der Waals surface area contributed by atoms with E-state index in [1.165, 1.54) is 5.69 Å². The van der Waals surface area contributed by atoms with Crippen molar-refractivity contribution in [2.45, 2.75) is 20.8 Å². The summed E-state index contributed by atoms with van der Waals surface area (Å²) in [7, 11) is 0. The Labute approximate surface area is 136 Å². The smallest absolute Gasteiger partial charge is 0.265 e. The maximum absolute atomic E-state index is 12.8. The van der Waals surface area contributed by atoms with E-state index in [-0.39, 0.29) is 5.56 Å². The standard InChI is InChI=1S/C19H21N3O/c1-4-21(5-2)15-10-12-16(13-11-15)22-14(3)20-18-9-7-6-8-17(18)19(22)23/h6-13H,4-5H2,1-3H3. The number of aromatic nitrogens is 2. The van der Waals surface area contributed by atoms with Crippen LogP contribution in [0.4, 0.5) is 5.69 Å². The number of rotatable bonds is 4. The van der Waals surface area contributed by atoms with Crippen LogP contribution in [0.25, 0.3) is 16.6 Å². The molecule has 0 aliphatic rings. The van der Waals surface area contributed by atoms with Crippen molar-refractivity contribution in [2.24, 2.45) is 0 Å². The van der Waals surface area contributed by atoms with Gasteiger partial charge in [-0.15, -0.1) is 0 Å². The first-order chi connectivity index (χ1) is 11.2. The molecule has 2 aromatic carbocycles. The van der Waals surface area contributed by atoms with E-state index >= 15 is 0 Å². The fourth-order valence-corrected chi connectivity index (χ4v) is 2.95. The van der Waals surface area contributed by atoms with E-state index in [1.807, 2.05) is 43.3 Å². The number of hydrogen-bond donors (Lipinski definition) is 0. The first-order valence-electron chi connectivity index (χ1n) is 7.99. The summed E-state index contributed by atoms with van der Waals surface area (Å²) in [6.45, 7) is 8.07. The lowest BCUT2D eigenvalue weighted by Crippen LogP contribution is -2.23. The van der Waals surface area contributed by atoms with Gasteiger partial charge in [-0.2, -0.15) is 0 Å². The highest BCUT2D eigenvalue weighted by Crippen LogP contribution is 2.18. The van der Waals surface area contributed by atoms with Gasteiger partial charge in [0, 0.05) is 18.8 Å². The fraction of sp³-hybridized carbons (Fsp3) is 0.263. The zero-order valence-corrected chi connectivity index (χ0v) is 13.8. The van der Waals surface area contributed by atoms with Gasteiger partial charge in [-0.1, -0.05) is 12.1 Å². The SMILES string of the molecule is CCN(CC)c1ccc(-n2c(C)nc3ccccc3c2=O)cc1. The molecular formula is C19H21N3O. The van der Waals surface area contributed by atoms with Crippen molar-refractivity contribution < 1.29 is 0 Å². The Bertz CT molecular complexity index is 877. The summed E-state index contributed by atoms with van der Waals surface area (Å²) >= 11 is 0. The fourth-order valence-electron chi connectivity index (χ4n) is 2.95.